The van der Waals surface area contributed by atoms with Gasteiger partial charge < -0.3 is 14.9 Å². The Balaban J connectivity index is 3.15. The number of ether oxygens (including phenoxy) is 1. The molecular weight excluding hydrogens is 220 g/mol. The maximum Gasteiger partial charge on any atom is 0.345 e. The van der Waals surface area contributed by atoms with Crippen molar-refractivity contribution in [2.45, 2.75) is 31.5 Å². The number of hydrogen-bond donors (Lipinski definition) is 2. The summed E-state index contributed by atoms with van der Waals surface area (Å²) in [5.41, 5.74) is -1.65. The van der Waals surface area contributed by atoms with E-state index in [0.717, 1.165) is 0 Å². The van der Waals surface area contributed by atoms with Crippen LogP contribution >= 0.6 is 0 Å². The van der Waals surface area contributed by atoms with Crippen LogP contribution in [0.5, 0.6) is 0 Å². The highest BCUT2D eigenvalue weighted by atomic mass is 16.5. The fourth-order valence-corrected chi connectivity index (χ4v) is 1.78. The molecule has 0 bridgehead atoms. The van der Waals surface area contributed by atoms with Gasteiger partial charge in [0.05, 0.1) is 13.2 Å². The van der Waals surface area contributed by atoms with Crippen LogP contribution < -0.4 is 0 Å². The van der Waals surface area contributed by atoms with Crippen LogP contribution in [-0.4, -0.2) is 29.4 Å². The first-order valence-electron chi connectivity index (χ1n) is 5.61. The predicted octanol–water partition coefficient (Wildman–Crippen LogP) is 1.21. The summed E-state index contributed by atoms with van der Waals surface area (Å²) in [7, 11) is 1.19. The summed E-state index contributed by atoms with van der Waals surface area (Å²) in [6, 6.07) is 8.35. The fourth-order valence-electron chi connectivity index (χ4n) is 1.78. The molecule has 0 aliphatic carbocycles. The lowest BCUT2D eigenvalue weighted by Gasteiger charge is -2.30. The van der Waals surface area contributed by atoms with Gasteiger partial charge in [0.15, 0.2) is 0 Å². The van der Waals surface area contributed by atoms with Gasteiger partial charge in [-0.15, -0.1) is 0 Å². The van der Waals surface area contributed by atoms with E-state index in [1.165, 1.54) is 7.11 Å². The summed E-state index contributed by atoms with van der Waals surface area (Å²) >= 11 is 0. The Morgan fingerprint density at radius 3 is 2.47 bits per heavy atom. The van der Waals surface area contributed by atoms with E-state index in [-0.39, 0.29) is 0 Å². The Hall–Kier alpha value is -1.39. The first kappa shape index (κ1) is 13.7. The summed E-state index contributed by atoms with van der Waals surface area (Å²) in [6.07, 6.45) is -0.198. The number of rotatable bonds is 5. The number of aliphatic hydroxyl groups excluding tert-OH is 1. The molecule has 0 aliphatic rings. The number of methoxy groups -OCH3 is 1. The minimum absolute atomic E-state index is 0.320. The Morgan fingerprint density at radius 2 is 2.00 bits per heavy atom. The third kappa shape index (κ3) is 2.65. The molecule has 1 rings (SSSR count). The van der Waals surface area contributed by atoms with Gasteiger partial charge in [0, 0.05) is 0 Å². The molecule has 0 aliphatic heterocycles. The molecular formula is C13H18O4. The monoisotopic (exact) mass is 238 g/mol. The van der Waals surface area contributed by atoms with Gasteiger partial charge in [0.2, 0.25) is 5.60 Å². The van der Waals surface area contributed by atoms with E-state index in [0.29, 0.717) is 18.4 Å². The van der Waals surface area contributed by atoms with Crippen LogP contribution in [-0.2, 0) is 15.1 Å². The molecule has 4 nitrogen and oxygen atoms in total. The largest absolute Gasteiger partial charge is 0.467 e. The first-order chi connectivity index (χ1) is 8.07. The van der Waals surface area contributed by atoms with E-state index in [1.54, 1.807) is 30.3 Å². The molecule has 0 fully saturated rings. The van der Waals surface area contributed by atoms with Crippen LogP contribution in [0, 0.1) is 0 Å². The number of aliphatic hydroxyl groups is 2. The highest BCUT2D eigenvalue weighted by Gasteiger charge is 2.45. The highest BCUT2D eigenvalue weighted by Crippen LogP contribution is 2.29. The van der Waals surface area contributed by atoms with Gasteiger partial charge in [-0.1, -0.05) is 43.7 Å². The van der Waals surface area contributed by atoms with E-state index >= 15 is 0 Å². The average molecular weight is 238 g/mol. The van der Waals surface area contributed by atoms with Gasteiger partial charge in [-0.25, -0.2) is 4.79 Å². The minimum atomic E-state index is -1.99. The fraction of sp³-hybridized carbons (Fsp3) is 0.462. The quantitative estimate of drug-likeness (QED) is 0.757. The smallest absolute Gasteiger partial charge is 0.345 e. The molecule has 4 heteroatoms. The number of carbonyl (C=O) groups excluding carboxylic acids is 1. The molecule has 0 spiro atoms. The van der Waals surface area contributed by atoms with E-state index in [9.17, 15) is 15.0 Å². The normalized spacial score (nSPS) is 16.0. The number of benzene rings is 1. The minimum Gasteiger partial charge on any atom is -0.467 e. The van der Waals surface area contributed by atoms with Crippen molar-refractivity contribution in [3.8, 4) is 0 Å². The van der Waals surface area contributed by atoms with Gasteiger partial charge in [-0.2, -0.15) is 0 Å². The first-order valence-corrected chi connectivity index (χ1v) is 5.61. The van der Waals surface area contributed by atoms with Crippen molar-refractivity contribution in [2.24, 2.45) is 0 Å². The standard InChI is InChI=1S/C13H18O4/c1-3-7-11(14)13(16,12(15)17-2)10-8-5-4-6-9-10/h4-6,8-9,11,14,16H,3,7H2,1-2H3/t11-,13-/m0/s1. The molecule has 0 saturated heterocycles. The molecule has 0 radical (unpaired) electrons. The lowest BCUT2D eigenvalue weighted by molar-refractivity contribution is -0.178. The summed E-state index contributed by atoms with van der Waals surface area (Å²) in [5, 5.41) is 20.4. The predicted molar refractivity (Wildman–Crippen MR) is 63.3 cm³/mol. The Morgan fingerprint density at radius 1 is 1.41 bits per heavy atom. The van der Waals surface area contributed by atoms with Crippen molar-refractivity contribution in [3.63, 3.8) is 0 Å². The van der Waals surface area contributed by atoms with Gasteiger partial charge in [0.1, 0.15) is 0 Å². The Bertz CT molecular complexity index is 363. The summed E-state index contributed by atoms with van der Waals surface area (Å²) in [6.45, 7) is 1.87. The van der Waals surface area contributed by atoms with Gasteiger partial charge in [-0.05, 0) is 12.0 Å². The van der Waals surface area contributed by atoms with Gasteiger partial charge in [-0.3, -0.25) is 0 Å². The summed E-state index contributed by atoms with van der Waals surface area (Å²) in [5.74, 6) is -0.843. The van der Waals surface area contributed by atoms with E-state index in [4.69, 9.17) is 0 Å². The molecule has 17 heavy (non-hydrogen) atoms. The van der Waals surface area contributed by atoms with Crippen LogP contribution in [0.2, 0.25) is 0 Å². The summed E-state index contributed by atoms with van der Waals surface area (Å²) in [4.78, 5) is 11.7. The Kier molecular flexibility index (Phi) is 4.66. The zero-order valence-corrected chi connectivity index (χ0v) is 10.1. The van der Waals surface area contributed by atoms with Crippen LogP contribution in [0.15, 0.2) is 30.3 Å². The molecule has 2 atom stereocenters. The second kappa shape index (κ2) is 5.80. The topological polar surface area (TPSA) is 66.8 Å². The molecule has 0 saturated carbocycles. The third-order valence-corrected chi connectivity index (χ3v) is 2.75. The second-order valence-corrected chi connectivity index (χ2v) is 3.93. The number of carbonyl (C=O) groups is 1. The second-order valence-electron chi connectivity index (χ2n) is 3.93. The number of hydrogen-bond acceptors (Lipinski definition) is 4. The van der Waals surface area contributed by atoms with Crippen molar-refractivity contribution in [3.05, 3.63) is 35.9 Å². The van der Waals surface area contributed by atoms with Gasteiger partial charge in [0.25, 0.3) is 0 Å². The van der Waals surface area contributed by atoms with Crippen molar-refractivity contribution in [1.82, 2.24) is 0 Å². The SMILES string of the molecule is CCC[C@H](O)[C@](O)(C(=O)OC)c1ccccc1. The highest BCUT2D eigenvalue weighted by molar-refractivity contribution is 5.81. The molecule has 0 amide bonds. The number of esters is 1. The van der Waals surface area contributed by atoms with Crippen LogP contribution in [0.3, 0.4) is 0 Å². The Labute approximate surface area is 101 Å². The van der Waals surface area contributed by atoms with E-state index < -0.39 is 17.7 Å². The lowest BCUT2D eigenvalue weighted by Crippen LogP contribution is -2.47. The van der Waals surface area contributed by atoms with Crippen LogP contribution in [0.25, 0.3) is 0 Å². The zero-order valence-electron chi connectivity index (χ0n) is 10.1. The zero-order chi connectivity index (χ0) is 12.9. The molecule has 1 aromatic rings. The van der Waals surface area contributed by atoms with Crippen molar-refractivity contribution in [2.75, 3.05) is 7.11 Å². The van der Waals surface area contributed by atoms with Crippen LogP contribution in [0.1, 0.15) is 25.3 Å². The maximum absolute atomic E-state index is 11.7. The van der Waals surface area contributed by atoms with Gasteiger partial charge >= 0.3 is 5.97 Å². The molecule has 94 valence electrons. The van der Waals surface area contributed by atoms with Crippen LogP contribution in [0.4, 0.5) is 0 Å². The molecule has 1 aromatic carbocycles. The lowest BCUT2D eigenvalue weighted by atomic mass is 9.86. The molecule has 0 unspecified atom stereocenters. The van der Waals surface area contributed by atoms with E-state index in [2.05, 4.69) is 4.74 Å². The molecule has 0 aromatic heterocycles. The van der Waals surface area contributed by atoms with Crippen molar-refractivity contribution < 1.29 is 19.7 Å². The maximum atomic E-state index is 11.7. The molecule has 0 heterocycles. The third-order valence-electron chi connectivity index (χ3n) is 2.75. The van der Waals surface area contributed by atoms with Crippen molar-refractivity contribution >= 4 is 5.97 Å². The average Bonchev–Trinajstić information content (AvgIpc) is 2.38. The molecule has 2 N–H and O–H groups in total. The summed E-state index contributed by atoms with van der Waals surface area (Å²) < 4.78 is 4.59. The van der Waals surface area contributed by atoms with E-state index in [1.807, 2.05) is 6.92 Å². The van der Waals surface area contributed by atoms with Crippen molar-refractivity contribution in [1.29, 1.82) is 0 Å².